The number of carbonyl (C=O) groups is 2. The van der Waals surface area contributed by atoms with Gasteiger partial charge in [0.2, 0.25) is 11.8 Å². The maximum absolute atomic E-state index is 13.1. The zero-order chi connectivity index (χ0) is 25.3. The van der Waals surface area contributed by atoms with Gasteiger partial charge in [0.05, 0.1) is 23.8 Å². The van der Waals surface area contributed by atoms with E-state index in [0.29, 0.717) is 56.5 Å². The molecule has 11 heteroatoms. The summed E-state index contributed by atoms with van der Waals surface area (Å²) in [6, 6.07) is 5.12. The van der Waals surface area contributed by atoms with Crippen molar-refractivity contribution in [3.63, 3.8) is 0 Å². The monoisotopic (exact) mass is 503 g/mol. The minimum absolute atomic E-state index is 0.124. The number of amides is 2. The van der Waals surface area contributed by atoms with E-state index in [4.69, 9.17) is 0 Å². The summed E-state index contributed by atoms with van der Waals surface area (Å²) in [6.07, 6.45) is 2.23. The van der Waals surface area contributed by atoms with Crippen LogP contribution in [0.5, 0.6) is 5.75 Å². The molecule has 8 nitrogen and oxygen atoms in total. The molecule has 4 heterocycles. The van der Waals surface area contributed by atoms with Gasteiger partial charge < -0.3 is 19.5 Å². The molecular formula is C25H28F3N5O3. The second kappa shape index (κ2) is 9.96. The number of alkyl halides is 3. The molecule has 2 aromatic rings. The van der Waals surface area contributed by atoms with Crippen molar-refractivity contribution in [2.24, 2.45) is 11.8 Å². The Morgan fingerprint density at radius 2 is 1.75 bits per heavy atom. The topological polar surface area (TPSA) is 90.6 Å². The van der Waals surface area contributed by atoms with Crippen LogP contribution in [0.25, 0.3) is 6.08 Å². The average Bonchev–Trinajstić information content (AvgIpc) is 3.44. The number of imidazole rings is 1. The third kappa shape index (κ3) is 5.56. The summed E-state index contributed by atoms with van der Waals surface area (Å²) < 4.78 is 40.7. The number of nitrogens with zero attached hydrogens (tertiary/aromatic N) is 3. The molecule has 36 heavy (non-hydrogen) atoms. The number of benzene rings is 1. The summed E-state index contributed by atoms with van der Waals surface area (Å²) in [6.45, 7) is 3.26. The highest BCUT2D eigenvalue weighted by Crippen LogP contribution is 2.33. The lowest BCUT2D eigenvalue weighted by molar-refractivity contribution is -0.274. The zero-order valence-corrected chi connectivity index (χ0v) is 19.6. The van der Waals surface area contributed by atoms with E-state index in [1.807, 2.05) is 9.80 Å². The summed E-state index contributed by atoms with van der Waals surface area (Å²) in [4.78, 5) is 37.1. The summed E-state index contributed by atoms with van der Waals surface area (Å²) in [5.41, 5.74) is 2.60. The first-order valence-electron chi connectivity index (χ1n) is 12.1. The molecule has 0 radical (unpaired) electrons. The van der Waals surface area contributed by atoms with Crippen LogP contribution in [0.4, 0.5) is 13.2 Å². The molecule has 0 spiro atoms. The Bertz CT molecular complexity index is 1110. The lowest BCUT2D eigenvalue weighted by Gasteiger charge is -2.27. The first-order valence-corrected chi connectivity index (χ1v) is 12.1. The number of fused-ring (bicyclic) bond motifs is 2. The van der Waals surface area contributed by atoms with E-state index >= 15 is 0 Å². The van der Waals surface area contributed by atoms with Crippen LogP contribution in [0.15, 0.2) is 36.7 Å². The van der Waals surface area contributed by atoms with Crippen molar-refractivity contribution in [3.8, 4) is 5.75 Å². The number of H-pyrrole nitrogens is 1. The van der Waals surface area contributed by atoms with Gasteiger partial charge in [-0.05, 0) is 48.4 Å². The Morgan fingerprint density at radius 3 is 2.42 bits per heavy atom. The number of likely N-dealkylation sites (tertiary alicyclic amines) is 2. The number of rotatable bonds is 4. The fraction of sp³-hybridized carbons (Fsp3) is 0.480. The maximum atomic E-state index is 13.1. The highest BCUT2D eigenvalue weighted by molar-refractivity contribution is 5.91. The standard InChI is InChI=1S/C25H28F3N5O3/c26-25(27,28)36-19-4-1-16(2-5-19)3-6-23(34)32-9-7-17-13-33(14-18(17)8-10-32)24(35)21-11-20-22(12-29-21)31-15-30-20/h1-6,15,17-18,21,29H,7-14H2,(H,30,31). The molecule has 3 atom stereocenters. The third-order valence-electron chi connectivity index (χ3n) is 7.30. The molecule has 2 fully saturated rings. The minimum Gasteiger partial charge on any atom is -0.406 e. The molecule has 0 saturated carbocycles. The second-order valence-electron chi connectivity index (χ2n) is 9.58. The van der Waals surface area contributed by atoms with E-state index in [2.05, 4.69) is 20.0 Å². The Hall–Kier alpha value is -3.34. The third-order valence-corrected chi connectivity index (χ3v) is 7.30. The molecule has 5 rings (SSSR count). The molecule has 0 bridgehead atoms. The van der Waals surface area contributed by atoms with Gasteiger partial charge in [-0.1, -0.05) is 12.1 Å². The van der Waals surface area contributed by atoms with E-state index in [1.54, 1.807) is 12.4 Å². The maximum Gasteiger partial charge on any atom is 0.573 e. The van der Waals surface area contributed by atoms with Crippen LogP contribution in [0.1, 0.15) is 29.8 Å². The van der Waals surface area contributed by atoms with Crippen LogP contribution < -0.4 is 10.1 Å². The van der Waals surface area contributed by atoms with E-state index in [0.717, 1.165) is 24.2 Å². The first-order chi connectivity index (χ1) is 17.2. The van der Waals surface area contributed by atoms with Gasteiger partial charge in [0.25, 0.3) is 0 Å². The van der Waals surface area contributed by atoms with Gasteiger partial charge in [-0.15, -0.1) is 13.2 Å². The van der Waals surface area contributed by atoms with Gasteiger partial charge >= 0.3 is 6.36 Å². The Labute approximate surface area is 206 Å². The number of hydrogen-bond donors (Lipinski definition) is 2. The predicted molar refractivity (Wildman–Crippen MR) is 124 cm³/mol. The van der Waals surface area contributed by atoms with E-state index < -0.39 is 6.36 Å². The van der Waals surface area contributed by atoms with Crippen molar-refractivity contribution < 1.29 is 27.5 Å². The molecule has 3 unspecified atom stereocenters. The van der Waals surface area contributed by atoms with Crippen LogP contribution in [-0.4, -0.2) is 70.2 Å². The van der Waals surface area contributed by atoms with Gasteiger partial charge in [-0.3, -0.25) is 14.9 Å². The van der Waals surface area contributed by atoms with Crippen LogP contribution in [0.2, 0.25) is 0 Å². The lowest BCUT2D eigenvalue weighted by Crippen LogP contribution is -2.49. The molecule has 3 aliphatic rings. The summed E-state index contributed by atoms with van der Waals surface area (Å²) in [7, 11) is 0. The molecule has 2 N–H and O–H groups in total. The predicted octanol–water partition coefficient (Wildman–Crippen LogP) is 2.73. The van der Waals surface area contributed by atoms with Crippen molar-refractivity contribution in [1.82, 2.24) is 25.1 Å². The molecule has 0 aliphatic carbocycles. The normalized spacial score (nSPS) is 24.4. The number of carbonyl (C=O) groups excluding carboxylic acids is 2. The first kappa shape index (κ1) is 24.4. The van der Waals surface area contributed by atoms with E-state index in [9.17, 15) is 22.8 Å². The molecular weight excluding hydrogens is 475 g/mol. The summed E-state index contributed by atoms with van der Waals surface area (Å²) >= 11 is 0. The van der Waals surface area contributed by atoms with Gasteiger partial charge in [0, 0.05) is 45.2 Å². The average molecular weight is 504 g/mol. The van der Waals surface area contributed by atoms with Gasteiger partial charge in [-0.25, -0.2) is 4.98 Å². The van der Waals surface area contributed by atoms with Crippen molar-refractivity contribution in [3.05, 3.63) is 53.6 Å². The molecule has 1 aromatic carbocycles. The van der Waals surface area contributed by atoms with Crippen molar-refractivity contribution >= 4 is 17.9 Å². The van der Waals surface area contributed by atoms with Gasteiger partial charge in [-0.2, -0.15) is 0 Å². The van der Waals surface area contributed by atoms with Crippen LogP contribution in [0, 0.1) is 11.8 Å². The fourth-order valence-electron chi connectivity index (χ4n) is 5.37. The lowest BCUT2D eigenvalue weighted by atomic mass is 9.92. The van der Waals surface area contributed by atoms with Gasteiger partial charge in [0.1, 0.15) is 5.75 Å². The van der Waals surface area contributed by atoms with Crippen LogP contribution >= 0.6 is 0 Å². The molecule has 192 valence electrons. The van der Waals surface area contributed by atoms with Crippen molar-refractivity contribution in [2.75, 3.05) is 26.2 Å². The number of aromatic nitrogens is 2. The molecule has 1 aromatic heterocycles. The number of nitrogens with one attached hydrogen (secondary N) is 2. The number of ether oxygens (including phenoxy) is 1. The minimum atomic E-state index is -4.74. The van der Waals surface area contributed by atoms with Crippen molar-refractivity contribution in [2.45, 2.75) is 38.2 Å². The fourth-order valence-corrected chi connectivity index (χ4v) is 5.37. The largest absolute Gasteiger partial charge is 0.573 e. The van der Waals surface area contributed by atoms with E-state index in [-0.39, 0.29) is 23.6 Å². The highest BCUT2D eigenvalue weighted by Gasteiger charge is 2.40. The number of hydrogen-bond acceptors (Lipinski definition) is 5. The van der Waals surface area contributed by atoms with Crippen LogP contribution in [-0.2, 0) is 22.6 Å². The summed E-state index contributed by atoms with van der Waals surface area (Å²) in [5, 5.41) is 3.31. The molecule has 3 aliphatic heterocycles. The highest BCUT2D eigenvalue weighted by atomic mass is 19.4. The molecule has 2 amide bonds. The summed E-state index contributed by atoms with van der Waals surface area (Å²) in [5.74, 6) is 0.421. The van der Waals surface area contributed by atoms with Crippen molar-refractivity contribution in [1.29, 1.82) is 0 Å². The zero-order valence-electron chi connectivity index (χ0n) is 19.6. The van der Waals surface area contributed by atoms with Gasteiger partial charge in [0.15, 0.2) is 0 Å². The van der Waals surface area contributed by atoms with Crippen LogP contribution in [0.3, 0.4) is 0 Å². The molecule has 2 saturated heterocycles. The number of aromatic amines is 1. The SMILES string of the molecule is O=C(C=Cc1ccc(OC(F)(F)F)cc1)N1CCC2CN(C(=O)C3Cc4nc[nH]c4CN3)CC2CC1. The Balaban J connectivity index is 1.11. The number of halogens is 3. The Kier molecular flexibility index (Phi) is 6.74. The quantitative estimate of drug-likeness (QED) is 0.627. The smallest absolute Gasteiger partial charge is 0.406 e. The second-order valence-corrected chi connectivity index (χ2v) is 9.58. The Morgan fingerprint density at radius 1 is 1.06 bits per heavy atom. The van der Waals surface area contributed by atoms with E-state index in [1.165, 1.54) is 30.3 Å².